The number of carboxylic acid groups (broad SMARTS) is 1. The first-order valence-corrected chi connectivity index (χ1v) is 5.80. The van der Waals surface area contributed by atoms with Gasteiger partial charge in [0.25, 0.3) is 0 Å². The third-order valence-electron chi connectivity index (χ3n) is 2.53. The monoisotopic (exact) mass is 237 g/mol. The number of carboxylic acids is 1. The number of carbonyl (C=O) groups is 1. The van der Waals surface area contributed by atoms with Crippen molar-refractivity contribution < 1.29 is 9.90 Å². The Bertz CT molecular complexity index is 363. The van der Waals surface area contributed by atoms with Crippen LogP contribution in [0.4, 0.5) is 0 Å². The van der Waals surface area contributed by atoms with E-state index in [1.807, 2.05) is 20.8 Å². The highest BCUT2D eigenvalue weighted by atomic mass is 16.4. The first-order valence-electron chi connectivity index (χ1n) is 5.80. The Hall–Kier alpha value is -1.49. The van der Waals surface area contributed by atoms with Crippen molar-refractivity contribution in [3.63, 3.8) is 0 Å². The number of aryl methyl sites for hydroxylation is 1. The van der Waals surface area contributed by atoms with Gasteiger partial charge >= 0.3 is 5.97 Å². The molecule has 0 aliphatic carbocycles. The Morgan fingerprint density at radius 2 is 2.00 bits per heavy atom. The van der Waals surface area contributed by atoms with Gasteiger partial charge in [-0.1, -0.05) is 20.8 Å². The van der Waals surface area contributed by atoms with E-state index in [1.54, 1.807) is 12.4 Å². The summed E-state index contributed by atoms with van der Waals surface area (Å²) in [4.78, 5) is 19.3. The molecule has 17 heavy (non-hydrogen) atoms. The summed E-state index contributed by atoms with van der Waals surface area (Å²) >= 11 is 0. The maximum atomic E-state index is 11.0. The Balaban J connectivity index is 2.56. The summed E-state index contributed by atoms with van der Waals surface area (Å²) in [6.45, 7) is 6.22. The normalized spacial score (nSPS) is 12.7. The van der Waals surface area contributed by atoms with Crippen molar-refractivity contribution in [1.29, 1.82) is 0 Å². The highest BCUT2D eigenvalue weighted by Gasteiger charge is 2.20. The topological polar surface area (TPSA) is 75.1 Å². The largest absolute Gasteiger partial charge is 0.480 e. The fourth-order valence-corrected chi connectivity index (χ4v) is 1.49. The smallest absolute Gasteiger partial charge is 0.320 e. The number of nitrogens with zero attached hydrogens (tertiary/aromatic N) is 2. The van der Waals surface area contributed by atoms with Crippen LogP contribution in [0.15, 0.2) is 12.4 Å². The molecule has 0 aliphatic heterocycles. The van der Waals surface area contributed by atoms with E-state index in [0.29, 0.717) is 6.54 Å². The second kappa shape index (κ2) is 6.30. The molecule has 0 bridgehead atoms. The number of hydrogen-bond donors (Lipinski definition) is 2. The highest BCUT2D eigenvalue weighted by molar-refractivity contribution is 5.73. The Labute approximate surface area is 101 Å². The molecule has 1 aromatic rings. The van der Waals surface area contributed by atoms with Crippen LogP contribution in [0.1, 0.15) is 32.2 Å². The van der Waals surface area contributed by atoms with E-state index in [0.717, 1.165) is 17.8 Å². The lowest BCUT2D eigenvalue weighted by atomic mass is 10.0. The summed E-state index contributed by atoms with van der Waals surface area (Å²) in [5, 5.41) is 12.0. The first kappa shape index (κ1) is 13.6. The number of aliphatic carboxylic acids is 1. The predicted octanol–water partition coefficient (Wildman–Crippen LogP) is 1.24. The molecular formula is C12H19N3O2. The highest BCUT2D eigenvalue weighted by Crippen LogP contribution is 2.04. The van der Waals surface area contributed by atoms with Gasteiger partial charge in [0.05, 0.1) is 0 Å². The molecule has 0 amide bonds. The summed E-state index contributed by atoms with van der Waals surface area (Å²) in [5.74, 6) is 0.0156. The van der Waals surface area contributed by atoms with E-state index in [2.05, 4.69) is 15.3 Å². The molecule has 94 valence electrons. The summed E-state index contributed by atoms with van der Waals surface area (Å²) in [5.41, 5.74) is 0.897. The van der Waals surface area contributed by atoms with Crippen molar-refractivity contribution in [3.8, 4) is 0 Å². The summed E-state index contributed by atoms with van der Waals surface area (Å²) < 4.78 is 0. The van der Waals surface area contributed by atoms with Crippen molar-refractivity contribution in [2.45, 2.75) is 39.8 Å². The minimum atomic E-state index is -0.828. The third kappa shape index (κ3) is 4.11. The zero-order valence-corrected chi connectivity index (χ0v) is 10.5. The molecule has 0 spiro atoms. The van der Waals surface area contributed by atoms with E-state index in [9.17, 15) is 4.79 Å². The molecule has 1 heterocycles. The summed E-state index contributed by atoms with van der Waals surface area (Å²) in [6, 6.07) is -0.541. The van der Waals surface area contributed by atoms with Crippen LogP contribution in [0.3, 0.4) is 0 Å². The van der Waals surface area contributed by atoms with Crippen molar-refractivity contribution in [2.75, 3.05) is 0 Å². The molecule has 0 fully saturated rings. The van der Waals surface area contributed by atoms with E-state index in [4.69, 9.17) is 5.11 Å². The zero-order valence-electron chi connectivity index (χ0n) is 10.5. The van der Waals surface area contributed by atoms with Crippen molar-refractivity contribution in [1.82, 2.24) is 15.3 Å². The van der Waals surface area contributed by atoms with Crippen molar-refractivity contribution in [2.24, 2.45) is 5.92 Å². The zero-order chi connectivity index (χ0) is 12.8. The van der Waals surface area contributed by atoms with Gasteiger partial charge in [-0.05, 0) is 5.92 Å². The molecule has 0 radical (unpaired) electrons. The Kier molecular flexibility index (Phi) is 5.03. The van der Waals surface area contributed by atoms with E-state index < -0.39 is 12.0 Å². The lowest BCUT2D eigenvalue weighted by molar-refractivity contribution is -0.140. The number of nitrogens with one attached hydrogen (secondary N) is 1. The third-order valence-corrected chi connectivity index (χ3v) is 2.53. The average molecular weight is 237 g/mol. The molecule has 5 nitrogen and oxygen atoms in total. The Morgan fingerprint density at radius 1 is 1.41 bits per heavy atom. The van der Waals surface area contributed by atoms with Crippen LogP contribution < -0.4 is 5.32 Å². The minimum absolute atomic E-state index is 0.0448. The maximum Gasteiger partial charge on any atom is 0.320 e. The van der Waals surface area contributed by atoms with Gasteiger partial charge in [0.2, 0.25) is 0 Å². The molecule has 0 aliphatic rings. The fraction of sp³-hybridized carbons (Fsp3) is 0.583. The standard InChI is InChI=1S/C12H19N3O2/c1-4-10-13-5-9(6-14-10)7-15-11(8(2)3)12(16)17/h5-6,8,11,15H,4,7H2,1-3H3,(H,16,17)/t11-/m0/s1. The Morgan fingerprint density at radius 3 is 2.41 bits per heavy atom. The fourth-order valence-electron chi connectivity index (χ4n) is 1.49. The molecule has 0 saturated carbocycles. The van der Waals surface area contributed by atoms with Gasteiger partial charge in [-0.25, -0.2) is 9.97 Å². The quantitative estimate of drug-likeness (QED) is 0.778. The molecule has 1 rings (SSSR count). The van der Waals surface area contributed by atoms with Crippen LogP contribution in [-0.2, 0) is 17.8 Å². The summed E-state index contributed by atoms with van der Waals surface area (Å²) in [6.07, 6.45) is 4.27. The van der Waals surface area contributed by atoms with Gasteiger partial charge in [-0.2, -0.15) is 0 Å². The van der Waals surface area contributed by atoms with Crippen LogP contribution in [0.2, 0.25) is 0 Å². The van der Waals surface area contributed by atoms with Crippen LogP contribution in [0, 0.1) is 5.92 Å². The minimum Gasteiger partial charge on any atom is -0.480 e. The molecule has 1 aromatic heterocycles. The molecule has 5 heteroatoms. The molecule has 0 saturated heterocycles. The van der Waals surface area contributed by atoms with Gasteiger partial charge in [0.15, 0.2) is 0 Å². The number of aromatic nitrogens is 2. The second-order valence-electron chi connectivity index (χ2n) is 4.30. The molecule has 0 aromatic carbocycles. The lowest BCUT2D eigenvalue weighted by Crippen LogP contribution is -2.40. The van der Waals surface area contributed by atoms with Gasteiger partial charge in [0, 0.05) is 30.9 Å². The number of hydrogen-bond acceptors (Lipinski definition) is 4. The van der Waals surface area contributed by atoms with Crippen molar-refractivity contribution in [3.05, 3.63) is 23.8 Å². The first-order chi connectivity index (χ1) is 8.04. The predicted molar refractivity (Wildman–Crippen MR) is 64.5 cm³/mol. The average Bonchev–Trinajstić information content (AvgIpc) is 2.29. The molecule has 2 N–H and O–H groups in total. The van der Waals surface area contributed by atoms with E-state index in [-0.39, 0.29) is 5.92 Å². The van der Waals surface area contributed by atoms with Gasteiger partial charge in [0.1, 0.15) is 11.9 Å². The van der Waals surface area contributed by atoms with Crippen LogP contribution in [0.25, 0.3) is 0 Å². The second-order valence-corrected chi connectivity index (χ2v) is 4.30. The van der Waals surface area contributed by atoms with E-state index >= 15 is 0 Å². The van der Waals surface area contributed by atoms with Crippen LogP contribution >= 0.6 is 0 Å². The summed E-state index contributed by atoms with van der Waals surface area (Å²) in [7, 11) is 0. The van der Waals surface area contributed by atoms with Crippen molar-refractivity contribution >= 4 is 5.97 Å². The lowest BCUT2D eigenvalue weighted by Gasteiger charge is -2.17. The van der Waals surface area contributed by atoms with Gasteiger partial charge in [-0.3, -0.25) is 10.1 Å². The molecule has 1 atom stereocenters. The SMILES string of the molecule is CCc1ncc(CN[C@H](C(=O)O)C(C)C)cn1. The maximum absolute atomic E-state index is 11.0. The molecular weight excluding hydrogens is 218 g/mol. The molecule has 0 unspecified atom stereocenters. The number of rotatable bonds is 6. The van der Waals surface area contributed by atoms with E-state index in [1.165, 1.54) is 0 Å². The van der Waals surface area contributed by atoms with Crippen LogP contribution in [-0.4, -0.2) is 27.1 Å². The van der Waals surface area contributed by atoms with Gasteiger partial charge < -0.3 is 5.11 Å². The van der Waals surface area contributed by atoms with Gasteiger partial charge in [-0.15, -0.1) is 0 Å². The van der Waals surface area contributed by atoms with Crippen LogP contribution in [0.5, 0.6) is 0 Å².